The summed E-state index contributed by atoms with van der Waals surface area (Å²) in [5.41, 5.74) is 1.85. The van der Waals surface area contributed by atoms with Gasteiger partial charge in [-0.25, -0.2) is 13.2 Å². The number of urea groups is 1. The minimum atomic E-state index is -3.44. The van der Waals surface area contributed by atoms with Crippen molar-refractivity contribution in [2.24, 2.45) is 0 Å². The second-order valence-corrected chi connectivity index (χ2v) is 8.96. The topological polar surface area (TPSA) is 101 Å². The fourth-order valence-electron chi connectivity index (χ4n) is 2.66. The Morgan fingerprint density at radius 1 is 1.00 bits per heavy atom. The van der Waals surface area contributed by atoms with Crippen LogP contribution >= 0.6 is 0 Å². The molecule has 0 spiro atoms. The van der Waals surface area contributed by atoms with E-state index in [1.807, 2.05) is 42.5 Å². The highest BCUT2D eigenvalue weighted by Gasteiger charge is 2.18. The van der Waals surface area contributed by atoms with Crippen LogP contribution in [0.15, 0.2) is 54.9 Å². The number of hydroxylamine groups is 1. The number of nitrogens with zero attached hydrogens (tertiary/aromatic N) is 2. The van der Waals surface area contributed by atoms with Crippen LogP contribution in [0.25, 0.3) is 0 Å². The fraction of sp³-hybridized carbons (Fsp3) is 0.429. The maximum Gasteiger partial charge on any atom is 0.315 e. The van der Waals surface area contributed by atoms with Gasteiger partial charge in [0.15, 0.2) is 0 Å². The van der Waals surface area contributed by atoms with E-state index in [9.17, 15) is 13.2 Å². The third-order valence-electron chi connectivity index (χ3n) is 4.44. The van der Waals surface area contributed by atoms with Gasteiger partial charge in [0.1, 0.15) is 0 Å². The van der Waals surface area contributed by atoms with Crippen LogP contribution in [-0.2, 0) is 28.0 Å². The van der Waals surface area contributed by atoms with Crippen molar-refractivity contribution in [1.82, 2.24) is 20.1 Å². The molecule has 30 heavy (non-hydrogen) atoms. The van der Waals surface area contributed by atoms with E-state index in [0.717, 1.165) is 34.9 Å². The van der Waals surface area contributed by atoms with Crippen molar-refractivity contribution in [3.63, 3.8) is 0 Å². The molecule has 0 atom stereocenters. The third kappa shape index (κ3) is 9.34. The first-order valence-electron chi connectivity index (χ1n) is 10.0. The van der Waals surface area contributed by atoms with Crippen LogP contribution in [0, 0.1) is 0 Å². The summed E-state index contributed by atoms with van der Waals surface area (Å²) in [5.74, 6) is 0.0390. The van der Waals surface area contributed by atoms with Gasteiger partial charge in [-0.15, -0.1) is 0 Å². The minimum Gasteiger partial charge on any atom is -0.338 e. The average molecular weight is 435 g/mol. The molecule has 9 heteroatoms. The van der Waals surface area contributed by atoms with Crippen molar-refractivity contribution in [2.75, 3.05) is 19.3 Å². The molecule has 2 rings (SSSR count). The van der Waals surface area contributed by atoms with E-state index >= 15 is 0 Å². The Kier molecular flexibility index (Phi) is 10.3. The van der Waals surface area contributed by atoms with Gasteiger partial charge < -0.3 is 10.6 Å². The number of hydrogen-bond acceptors (Lipinski definition) is 5. The van der Waals surface area contributed by atoms with Gasteiger partial charge >= 0.3 is 6.03 Å². The van der Waals surface area contributed by atoms with Gasteiger partial charge in [0, 0.05) is 32.5 Å². The van der Waals surface area contributed by atoms with E-state index < -0.39 is 10.0 Å². The first-order chi connectivity index (χ1) is 14.5. The second-order valence-electron chi connectivity index (χ2n) is 6.87. The highest BCUT2D eigenvalue weighted by atomic mass is 32.2. The molecule has 8 nitrogen and oxygen atoms in total. The average Bonchev–Trinajstić information content (AvgIpc) is 2.76. The van der Waals surface area contributed by atoms with Crippen molar-refractivity contribution in [2.45, 2.75) is 38.8 Å². The minimum absolute atomic E-state index is 0.0390. The summed E-state index contributed by atoms with van der Waals surface area (Å²) >= 11 is 0. The molecule has 1 aromatic heterocycles. The number of carbonyl (C=O) groups is 1. The Hall–Kier alpha value is -2.49. The zero-order valence-electron chi connectivity index (χ0n) is 17.3. The van der Waals surface area contributed by atoms with Crippen LogP contribution in [0.3, 0.4) is 0 Å². The number of hydrogen-bond donors (Lipinski definition) is 2. The molecule has 0 radical (unpaired) electrons. The monoisotopic (exact) mass is 434 g/mol. The standard InChI is InChI=1S/C21H30N4O4S/c1-25(29-18-19-10-5-4-6-11-19)30(27,28)15-8-3-2-7-14-23-21(26)24-17-20-12-9-13-22-16-20/h4-6,9-13,16H,2-3,7-8,14-15,17-18H2,1H3,(H2,23,24,26). The van der Waals surface area contributed by atoms with Gasteiger partial charge in [0.2, 0.25) is 10.0 Å². The van der Waals surface area contributed by atoms with Crippen molar-refractivity contribution >= 4 is 16.1 Å². The first kappa shape index (κ1) is 23.8. The molecule has 1 heterocycles. The Morgan fingerprint density at radius 2 is 1.73 bits per heavy atom. The quantitative estimate of drug-likeness (QED) is 0.373. The van der Waals surface area contributed by atoms with E-state index in [0.29, 0.717) is 19.5 Å². The SMILES string of the molecule is CN(OCc1ccccc1)S(=O)(=O)CCCCCCNC(=O)NCc1cccnc1. The second kappa shape index (κ2) is 12.9. The largest absolute Gasteiger partial charge is 0.338 e. The highest BCUT2D eigenvalue weighted by Crippen LogP contribution is 2.09. The van der Waals surface area contributed by atoms with E-state index in [2.05, 4.69) is 15.6 Å². The van der Waals surface area contributed by atoms with Gasteiger partial charge in [0.25, 0.3) is 0 Å². The van der Waals surface area contributed by atoms with Crippen molar-refractivity contribution < 1.29 is 18.0 Å². The molecule has 0 unspecified atom stereocenters. The molecule has 0 bridgehead atoms. The Labute approximate surface area is 178 Å². The van der Waals surface area contributed by atoms with Gasteiger partial charge in [-0.05, 0) is 30.0 Å². The van der Waals surface area contributed by atoms with Gasteiger partial charge in [-0.1, -0.05) is 53.7 Å². The normalized spacial score (nSPS) is 11.4. The Morgan fingerprint density at radius 3 is 2.47 bits per heavy atom. The number of benzene rings is 1. The Bertz CT molecular complexity index is 848. The molecule has 2 amide bonds. The number of unbranched alkanes of at least 4 members (excludes halogenated alkanes) is 3. The van der Waals surface area contributed by atoms with Crippen LogP contribution in [-0.4, -0.2) is 43.2 Å². The lowest BCUT2D eigenvalue weighted by molar-refractivity contribution is -0.0769. The van der Waals surface area contributed by atoms with E-state index in [4.69, 9.17) is 4.84 Å². The fourth-order valence-corrected chi connectivity index (χ4v) is 3.70. The molecule has 0 aliphatic rings. The molecular weight excluding hydrogens is 404 g/mol. The van der Waals surface area contributed by atoms with Gasteiger partial charge in [0.05, 0.1) is 12.4 Å². The molecule has 0 saturated heterocycles. The molecule has 2 aromatic rings. The summed E-state index contributed by atoms with van der Waals surface area (Å²) in [6.07, 6.45) is 6.34. The number of pyridine rings is 1. The maximum absolute atomic E-state index is 12.3. The maximum atomic E-state index is 12.3. The smallest absolute Gasteiger partial charge is 0.315 e. The number of aromatic nitrogens is 1. The molecular formula is C21H30N4O4S. The summed E-state index contributed by atoms with van der Waals surface area (Å²) < 4.78 is 25.5. The molecule has 0 aliphatic carbocycles. The van der Waals surface area contributed by atoms with Crippen LogP contribution in [0.4, 0.5) is 4.79 Å². The van der Waals surface area contributed by atoms with Crippen LogP contribution in [0.5, 0.6) is 0 Å². The molecule has 0 saturated carbocycles. The number of rotatable bonds is 13. The van der Waals surface area contributed by atoms with Gasteiger partial charge in [-0.3, -0.25) is 9.82 Å². The van der Waals surface area contributed by atoms with Crippen LogP contribution < -0.4 is 10.6 Å². The third-order valence-corrected chi connectivity index (χ3v) is 6.13. The molecule has 0 fully saturated rings. The summed E-state index contributed by atoms with van der Waals surface area (Å²) in [5, 5.41) is 5.56. The van der Waals surface area contributed by atoms with Gasteiger partial charge in [-0.2, -0.15) is 0 Å². The van der Waals surface area contributed by atoms with E-state index in [1.54, 1.807) is 12.4 Å². The predicted molar refractivity (Wildman–Crippen MR) is 116 cm³/mol. The summed E-state index contributed by atoms with van der Waals surface area (Å²) in [7, 11) is -2.02. The number of nitrogens with one attached hydrogen (secondary N) is 2. The molecule has 2 N–H and O–H groups in total. The van der Waals surface area contributed by atoms with Crippen LogP contribution in [0.2, 0.25) is 0 Å². The predicted octanol–water partition coefficient (Wildman–Crippen LogP) is 2.83. The summed E-state index contributed by atoms with van der Waals surface area (Å²) in [4.78, 5) is 21.1. The van der Waals surface area contributed by atoms with E-state index in [-0.39, 0.29) is 18.4 Å². The van der Waals surface area contributed by atoms with Crippen molar-refractivity contribution in [1.29, 1.82) is 0 Å². The van der Waals surface area contributed by atoms with Crippen molar-refractivity contribution in [3.8, 4) is 0 Å². The molecule has 1 aromatic carbocycles. The number of carbonyl (C=O) groups excluding carboxylic acids is 1. The molecule has 164 valence electrons. The van der Waals surface area contributed by atoms with Crippen molar-refractivity contribution in [3.05, 3.63) is 66.0 Å². The zero-order valence-corrected chi connectivity index (χ0v) is 18.1. The summed E-state index contributed by atoms with van der Waals surface area (Å²) in [6.45, 7) is 1.19. The number of sulfonamides is 1. The summed E-state index contributed by atoms with van der Waals surface area (Å²) in [6, 6.07) is 12.9. The Balaban J connectivity index is 1.51. The zero-order chi connectivity index (χ0) is 21.7. The lowest BCUT2D eigenvalue weighted by Crippen LogP contribution is -2.35. The lowest BCUT2D eigenvalue weighted by Gasteiger charge is -2.16. The first-order valence-corrected chi connectivity index (χ1v) is 11.6. The number of amides is 2. The molecule has 0 aliphatic heterocycles. The highest BCUT2D eigenvalue weighted by molar-refractivity contribution is 7.88. The lowest BCUT2D eigenvalue weighted by atomic mass is 10.2. The van der Waals surface area contributed by atoms with Crippen LogP contribution in [0.1, 0.15) is 36.8 Å². The van der Waals surface area contributed by atoms with E-state index in [1.165, 1.54) is 7.05 Å².